The summed E-state index contributed by atoms with van der Waals surface area (Å²) in [7, 11) is 0. The fourth-order valence-corrected chi connectivity index (χ4v) is 4.37. The fraction of sp³-hybridized carbons (Fsp3) is 0.611. The lowest BCUT2D eigenvalue weighted by molar-refractivity contribution is 0.256. The molecule has 138 valence electrons. The smallest absolute Gasteiger partial charge is 0.191 e. The highest BCUT2D eigenvalue weighted by Gasteiger charge is 2.17. The van der Waals surface area contributed by atoms with E-state index in [4.69, 9.17) is 17.3 Å². The van der Waals surface area contributed by atoms with Gasteiger partial charge in [-0.25, -0.2) is 0 Å². The lowest BCUT2D eigenvalue weighted by atomic mass is 10.2. The van der Waals surface area contributed by atoms with Crippen LogP contribution in [0, 0.1) is 0 Å². The highest BCUT2D eigenvalue weighted by atomic mass is 35.5. The molecule has 1 aromatic carbocycles. The number of benzene rings is 1. The second-order valence-corrected chi connectivity index (χ2v) is 8.16. The maximum absolute atomic E-state index is 6.10. The highest BCUT2D eigenvalue weighted by molar-refractivity contribution is 7.99. The third kappa shape index (κ3) is 5.69. The van der Waals surface area contributed by atoms with Crippen LogP contribution in [0.4, 0.5) is 5.69 Å². The van der Waals surface area contributed by atoms with Gasteiger partial charge >= 0.3 is 0 Å². The number of guanidine groups is 1. The fourth-order valence-electron chi connectivity index (χ4n) is 3.28. The van der Waals surface area contributed by atoms with Crippen LogP contribution in [0.25, 0.3) is 0 Å². The molecule has 7 heteroatoms. The van der Waals surface area contributed by atoms with Gasteiger partial charge in [0.25, 0.3) is 0 Å². The standard InChI is InChI=1S/C18H28ClN5S/c19-16-3-1-4-17(15-16)23-9-7-22(8-10-23)6-2-5-21-18(20)24-11-13-25-14-12-24/h1,3-4,15H,2,5-14H2,(H2,20,21). The third-order valence-corrected chi connectivity index (χ3v) is 5.96. The predicted octanol–water partition coefficient (Wildman–Crippen LogP) is 2.22. The van der Waals surface area contributed by atoms with Crippen molar-refractivity contribution in [3.63, 3.8) is 0 Å². The lowest BCUT2D eigenvalue weighted by Crippen LogP contribution is -2.46. The summed E-state index contributed by atoms with van der Waals surface area (Å²) >= 11 is 8.09. The number of halogens is 1. The van der Waals surface area contributed by atoms with Crippen LogP contribution in [0.5, 0.6) is 0 Å². The van der Waals surface area contributed by atoms with Crippen LogP contribution >= 0.6 is 23.4 Å². The van der Waals surface area contributed by atoms with Gasteiger partial charge < -0.3 is 15.5 Å². The van der Waals surface area contributed by atoms with Crippen LogP contribution in [0.1, 0.15) is 6.42 Å². The maximum atomic E-state index is 6.10. The lowest BCUT2D eigenvalue weighted by Gasteiger charge is -2.36. The number of piperazine rings is 1. The van der Waals surface area contributed by atoms with Crippen molar-refractivity contribution in [1.29, 1.82) is 0 Å². The van der Waals surface area contributed by atoms with Gasteiger partial charge in [-0.1, -0.05) is 17.7 Å². The quantitative estimate of drug-likeness (QED) is 0.481. The molecule has 0 aromatic heterocycles. The number of thioether (sulfide) groups is 1. The Morgan fingerprint density at radius 3 is 2.60 bits per heavy atom. The van der Waals surface area contributed by atoms with E-state index in [-0.39, 0.29) is 0 Å². The second kappa shape index (κ2) is 9.55. The maximum Gasteiger partial charge on any atom is 0.191 e. The first-order valence-corrected chi connectivity index (χ1v) is 10.6. The minimum absolute atomic E-state index is 0.728. The zero-order chi connectivity index (χ0) is 17.5. The van der Waals surface area contributed by atoms with Gasteiger partial charge in [0.1, 0.15) is 0 Å². The van der Waals surface area contributed by atoms with E-state index in [1.54, 1.807) is 0 Å². The Labute approximate surface area is 160 Å². The van der Waals surface area contributed by atoms with Crippen molar-refractivity contribution < 1.29 is 0 Å². The summed E-state index contributed by atoms with van der Waals surface area (Å²) in [6.07, 6.45) is 1.07. The molecule has 0 aliphatic carbocycles. The predicted molar refractivity (Wildman–Crippen MR) is 110 cm³/mol. The Hall–Kier alpha value is -1.11. The number of rotatable bonds is 5. The zero-order valence-electron chi connectivity index (χ0n) is 14.7. The van der Waals surface area contributed by atoms with E-state index in [2.05, 4.69) is 25.8 Å². The van der Waals surface area contributed by atoms with Crippen molar-refractivity contribution in [3.05, 3.63) is 29.3 Å². The third-order valence-electron chi connectivity index (χ3n) is 4.79. The number of anilines is 1. The topological polar surface area (TPSA) is 48.1 Å². The molecule has 0 amide bonds. The van der Waals surface area contributed by atoms with Crippen molar-refractivity contribution in [2.45, 2.75) is 6.42 Å². The average Bonchev–Trinajstić information content (AvgIpc) is 2.66. The van der Waals surface area contributed by atoms with Crippen LogP contribution in [0.15, 0.2) is 29.3 Å². The minimum atomic E-state index is 0.728. The van der Waals surface area contributed by atoms with E-state index in [0.717, 1.165) is 81.3 Å². The minimum Gasteiger partial charge on any atom is -0.370 e. The Balaban J connectivity index is 1.35. The SMILES string of the molecule is NC(=NCCCN1CCN(c2cccc(Cl)c2)CC1)N1CCSCC1. The zero-order valence-corrected chi connectivity index (χ0v) is 16.3. The molecule has 5 nitrogen and oxygen atoms in total. The van der Waals surface area contributed by atoms with Crippen molar-refractivity contribution in [2.24, 2.45) is 10.7 Å². The van der Waals surface area contributed by atoms with Crippen molar-refractivity contribution in [3.8, 4) is 0 Å². The number of nitrogens with two attached hydrogens (primary N) is 1. The monoisotopic (exact) mass is 381 g/mol. The number of nitrogens with zero attached hydrogens (tertiary/aromatic N) is 4. The van der Waals surface area contributed by atoms with Crippen molar-refractivity contribution >= 4 is 35.0 Å². The van der Waals surface area contributed by atoms with Crippen LogP contribution < -0.4 is 10.6 Å². The molecule has 1 aromatic rings. The number of hydrogen-bond acceptors (Lipinski definition) is 4. The Morgan fingerprint density at radius 1 is 1.12 bits per heavy atom. The first kappa shape index (κ1) is 18.7. The largest absolute Gasteiger partial charge is 0.370 e. The van der Waals surface area contributed by atoms with Crippen LogP contribution in [-0.4, -0.2) is 79.6 Å². The summed E-state index contributed by atoms with van der Waals surface area (Å²) in [5, 5.41) is 0.808. The number of aliphatic imine (C=N–C) groups is 1. The summed E-state index contributed by atoms with van der Waals surface area (Å²) in [5.74, 6) is 3.05. The van der Waals surface area contributed by atoms with Gasteiger partial charge in [0.05, 0.1) is 0 Å². The van der Waals surface area contributed by atoms with Crippen LogP contribution in [-0.2, 0) is 0 Å². The highest BCUT2D eigenvalue weighted by Crippen LogP contribution is 2.20. The molecule has 2 heterocycles. The Bertz CT molecular complexity index is 568. The summed E-state index contributed by atoms with van der Waals surface area (Å²) in [6.45, 7) is 8.27. The van der Waals surface area contributed by atoms with E-state index < -0.39 is 0 Å². The molecular weight excluding hydrogens is 354 g/mol. The first-order valence-electron chi connectivity index (χ1n) is 9.08. The summed E-state index contributed by atoms with van der Waals surface area (Å²) < 4.78 is 0. The molecule has 2 fully saturated rings. The normalized spacial score (nSPS) is 20.1. The molecule has 0 radical (unpaired) electrons. The molecule has 2 N–H and O–H groups in total. The summed E-state index contributed by atoms with van der Waals surface area (Å²) in [4.78, 5) is 11.7. The van der Waals surface area contributed by atoms with Crippen LogP contribution in [0.3, 0.4) is 0 Å². The summed E-state index contributed by atoms with van der Waals surface area (Å²) in [6, 6.07) is 8.13. The molecule has 0 bridgehead atoms. The van der Waals surface area contributed by atoms with Gasteiger partial charge in [-0.15, -0.1) is 0 Å². The first-order chi connectivity index (χ1) is 12.2. The molecule has 2 aliphatic heterocycles. The van der Waals surface area contributed by atoms with Crippen molar-refractivity contribution in [2.75, 3.05) is 68.8 Å². The molecule has 3 rings (SSSR count). The van der Waals surface area contributed by atoms with Gasteiger partial charge in [0, 0.05) is 74.6 Å². The molecule has 25 heavy (non-hydrogen) atoms. The van der Waals surface area contributed by atoms with Gasteiger partial charge in [-0.05, 0) is 24.6 Å². The van der Waals surface area contributed by atoms with Crippen molar-refractivity contribution in [1.82, 2.24) is 9.80 Å². The Morgan fingerprint density at radius 2 is 1.88 bits per heavy atom. The molecule has 2 aliphatic rings. The molecule has 0 unspecified atom stereocenters. The average molecular weight is 382 g/mol. The van der Waals surface area contributed by atoms with Gasteiger partial charge in [0.2, 0.25) is 0 Å². The van der Waals surface area contributed by atoms with Gasteiger partial charge in [-0.3, -0.25) is 9.89 Å². The molecule has 0 spiro atoms. The molecule has 0 saturated carbocycles. The van der Waals surface area contributed by atoms with E-state index in [1.165, 1.54) is 5.69 Å². The number of hydrogen-bond donors (Lipinski definition) is 1. The van der Waals surface area contributed by atoms with Crippen LogP contribution in [0.2, 0.25) is 5.02 Å². The van der Waals surface area contributed by atoms with E-state index in [9.17, 15) is 0 Å². The van der Waals surface area contributed by atoms with Gasteiger partial charge in [-0.2, -0.15) is 11.8 Å². The van der Waals surface area contributed by atoms with E-state index in [0.29, 0.717) is 0 Å². The van der Waals surface area contributed by atoms with E-state index in [1.807, 2.05) is 30.0 Å². The Kier molecular flexibility index (Phi) is 7.13. The van der Waals surface area contributed by atoms with Gasteiger partial charge in [0.15, 0.2) is 5.96 Å². The molecule has 2 saturated heterocycles. The second-order valence-electron chi connectivity index (χ2n) is 6.50. The molecule has 0 atom stereocenters. The summed E-state index contributed by atoms with van der Waals surface area (Å²) in [5.41, 5.74) is 7.32. The van der Waals surface area contributed by atoms with E-state index >= 15 is 0 Å². The molecular formula is C18H28ClN5S.